The summed E-state index contributed by atoms with van der Waals surface area (Å²) in [5, 5.41) is 25.8. The Balaban J connectivity index is 1.66. The molecule has 0 bridgehead atoms. The molecular formula is C17H25N5O2. The fourth-order valence-electron chi connectivity index (χ4n) is 3.55. The van der Waals surface area contributed by atoms with Crippen LogP contribution in [0.1, 0.15) is 50.5 Å². The molecule has 2 fully saturated rings. The molecule has 3 rings (SSSR count). The molecule has 0 spiro atoms. The van der Waals surface area contributed by atoms with E-state index in [1.807, 2.05) is 0 Å². The largest absolute Gasteiger partial charge is 0.391 e. The van der Waals surface area contributed by atoms with Gasteiger partial charge in [0.25, 0.3) is 0 Å². The van der Waals surface area contributed by atoms with Crippen LogP contribution >= 0.6 is 0 Å². The Morgan fingerprint density at radius 2 is 2.00 bits per heavy atom. The highest BCUT2D eigenvalue weighted by Crippen LogP contribution is 2.26. The summed E-state index contributed by atoms with van der Waals surface area (Å²) in [4.78, 5) is 8.74. The first-order chi connectivity index (χ1) is 11.7. The number of nitriles is 1. The lowest BCUT2D eigenvalue weighted by Crippen LogP contribution is -2.31. The quantitative estimate of drug-likeness (QED) is 0.758. The molecule has 0 radical (unpaired) electrons. The minimum Gasteiger partial charge on any atom is -0.391 e. The fourth-order valence-corrected chi connectivity index (χ4v) is 3.55. The average molecular weight is 331 g/mol. The third kappa shape index (κ3) is 3.94. The Hall–Kier alpha value is -1.91. The lowest BCUT2D eigenvalue weighted by atomic mass is 9.93. The van der Waals surface area contributed by atoms with Crippen molar-refractivity contribution in [1.82, 2.24) is 9.97 Å². The molecule has 3 N–H and O–H groups in total. The Morgan fingerprint density at radius 1 is 1.21 bits per heavy atom. The van der Waals surface area contributed by atoms with Gasteiger partial charge in [0.15, 0.2) is 0 Å². The fraction of sp³-hybridized carbons (Fsp3) is 0.706. The van der Waals surface area contributed by atoms with Crippen LogP contribution < -0.4 is 10.6 Å². The maximum atomic E-state index is 9.98. The van der Waals surface area contributed by atoms with Crippen molar-refractivity contribution in [3.8, 4) is 6.07 Å². The Morgan fingerprint density at radius 3 is 2.62 bits per heavy atom. The maximum Gasteiger partial charge on any atom is 0.224 e. The molecule has 0 aliphatic heterocycles. The van der Waals surface area contributed by atoms with Crippen LogP contribution in [0.3, 0.4) is 0 Å². The summed E-state index contributed by atoms with van der Waals surface area (Å²) in [7, 11) is 1.76. The highest BCUT2D eigenvalue weighted by Gasteiger charge is 2.26. The maximum absolute atomic E-state index is 9.98. The van der Waals surface area contributed by atoms with E-state index in [0.717, 1.165) is 44.9 Å². The molecule has 2 aliphatic carbocycles. The monoisotopic (exact) mass is 331 g/mol. The van der Waals surface area contributed by atoms with Gasteiger partial charge in [0.2, 0.25) is 5.95 Å². The van der Waals surface area contributed by atoms with E-state index in [4.69, 9.17) is 4.74 Å². The van der Waals surface area contributed by atoms with Crippen molar-refractivity contribution in [2.24, 2.45) is 0 Å². The van der Waals surface area contributed by atoms with Crippen molar-refractivity contribution in [3.05, 3.63) is 11.8 Å². The van der Waals surface area contributed by atoms with E-state index in [0.29, 0.717) is 29.5 Å². The van der Waals surface area contributed by atoms with Gasteiger partial charge in [0.1, 0.15) is 17.5 Å². The molecule has 1 heterocycles. The van der Waals surface area contributed by atoms with Crippen LogP contribution in [0.25, 0.3) is 0 Å². The summed E-state index contributed by atoms with van der Waals surface area (Å²) in [6.07, 6.45) is 8.28. The molecule has 24 heavy (non-hydrogen) atoms. The first-order valence-electron chi connectivity index (χ1n) is 8.70. The Labute approximate surface area is 142 Å². The number of ether oxygens (including phenoxy) is 1. The topological polar surface area (TPSA) is 103 Å². The molecule has 1 aromatic heterocycles. The molecule has 0 unspecified atom stereocenters. The molecule has 7 heteroatoms. The van der Waals surface area contributed by atoms with Crippen LogP contribution in [-0.4, -0.2) is 46.5 Å². The van der Waals surface area contributed by atoms with Crippen molar-refractivity contribution in [2.45, 2.75) is 69.2 Å². The molecule has 0 amide bonds. The predicted molar refractivity (Wildman–Crippen MR) is 90.7 cm³/mol. The third-order valence-electron chi connectivity index (χ3n) is 5.05. The van der Waals surface area contributed by atoms with Gasteiger partial charge in [-0.3, -0.25) is 0 Å². The number of nitrogens with one attached hydrogen (secondary N) is 2. The molecular weight excluding hydrogens is 306 g/mol. The number of aliphatic hydroxyl groups is 1. The predicted octanol–water partition coefficient (Wildman–Crippen LogP) is 2.04. The van der Waals surface area contributed by atoms with E-state index < -0.39 is 0 Å². The molecule has 2 aliphatic rings. The second-order valence-corrected chi connectivity index (χ2v) is 6.67. The number of rotatable bonds is 5. The van der Waals surface area contributed by atoms with Gasteiger partial charge in [-0.15, -0.1) is 0 Å². The summed E-state index contributed by atoms with van der Waals surface area (Å²) in [5.74, 6) is 1.04. The van der Waals surface area contributed by atoms with Crippen LogP contribution in [-0.2, 0) is 4.74 Å². The third-order valence-corrected chi connectivity index (χ3v) is 5.05. The number of hydrogen-bond donors (Lipinski definition) is 3. The lowest BCUT2D eigenvalue weighted by molar-refractivity contribution is 0.0681. The van der Waals surface area contributed by atoms with Gasteiger partial charge in [0.05, 0.1) is 24.4 Å². The normalized spacial score (nSPS) is 29.9. The van der Waals surface area contributed by atoms with Gasteiger partial charge < -0.3 is 20.5 Å². The van der Waals surface area contributed by atoms with Crippen molar-refractivity contribution < 1.29 is 9.84 Å². The zero-order valence-electron chi connectivity index (χ0n) is 14.0. The second kappa shape index (κ2) is 7.77. The summed E-state index contributed by atoms with van der Waals surface area (Å²) in [6, 6.07) is 2.40. The van der Waals surface area contributed by atoms with Gasteiger partial charge in [0, 0.05) is 13.2 Å². The number of anilines is 2. The van der Waals surface area contributed by atoms with E-state index in [-0.39, 0.29) is 12.1 Å². The van der Waals surface area contributed by atoms with Crippen molar-refractivity contribution in [2.75, 3.05) is 17.7 Å². The summed E-state index contributed by atoms with van der Waals surface area (Å²) < 4.78 is 5.39. The molecule has 130 valence electrons. The molecule has 2 saturated carbocycles. The average Bonchev–Trinajstić information content (AvgIpc) is 3.01. The lowest BCUT2D eigenvalue weighted by Gasteiger charge is -2.28. The first-order valence-corrected chi connectivity index (χ1v) is 8.70. The van der Waals surface area contributed by atoms with Crippen LogP contribution in [0.5, 0.6) is 0 Å². The first kappa shape index (κ1) is 16.9. The number of hydrogen-bond acceptors (Lipinski definition) is 7. The van der Waals surface area contributed by atoms with E-state index in [9.17, 15) is 10.4 Å². The van der Waals surface area contributed by atoms with Gasteiger partial charge in [-0.1, -0.05) is 0 Å². The molecule has 2 atom stereocenters. The van der Waals surface area contributed by atoms with Crippen LogP contribution in [0.15, 0.2) is 6.20 Å². The van der Waals surface area contributed by atoms with Gasteiger partial charge in [-0.05, 0) is 44.9 Å². The van der Waals surface area contributed by atoms with E-state index in [1.165, 1.54) is 0 Å². The standard InChI is InChI=1S/C17H25N5O2/c1-24-13-7-5-12(6-8-13)20-17-19-10-11(9-18)16(22-17)21-14-3-2-4-15(14)23/h10,12-15,23H,2-8H2,1H3,(H2,19,20,21,22)/t12-,13-,14-,15-/m1/s1. The van der Waals surface area contributed by atoms with Gasteiger partial charge in [-0.2, -0.15) is 10.2 Å². The number of nitrogens with zero attached hydrogens (tertiary/aromatic N) is 3. The number of methoxy groups -OCH3 is 1. The summed E-state index contributed by atoms with van der Waals surface area (Å²) in [5.41, 5.74) is 0.405. The van der Waals surface area contributed by atoms with E-state index in [1.54, 1.807) is 13.3 Å². The van der Waals surface area contributed by atoms with Crippen LogP contribution in [0, 0.1) is 11.3 Å². The summed E-state index contributed by atoms with van der Waals surface area (Å²) >= 11 is 0. The molecule has 0 aromatic carbocycles. The Kier molecular flexibility index (Phi) is 5.48. The molecule has 7 nitrogen and oxygen atoms in total. The van der Waals surface area contributed by atoms with Crippen LogP contribution in [0.2, 0.25) is 0 Å². The zero-order valence-corrected chi connectivity index (χ0v) is 14.0. The smallest absolute Gasteiger partial charge is 0.224 e. The number of aromatic nitrogens is 2. The van der Waals surface area contributed by atoms with Crippen molar-refractivity contribution in [1.29, 1.82) is 5.26 Å². The van der Waals surface area contributed by atoms with Crippen LogP contribution in [0.4, 0.5) is 11.8 Å². The number of aliphatic hydroxyl groups excluding tert-OH is 1. The zero-order chi connectivity index (χ0) is 16.9. The Bertz CT molecular complexity index is 595. The van der Waals surface area contributed by atoms with Gasteiger partial charge >= 0.3 is 0 Å². The SMILES string of the molecule is CO[C@H]1CC[C@H](Nc2ncc(C#N)c(N[C@@H]3CCC[C@H]3O)n2)CC1. The highest BCUT2D eigenvalue weighted by atomic mass is 16.5. The highest BCUT2D eigenvalue weighted by molar-refractivity contribution is 5.54. The van der Waals surface area contributed by atoms with Crippen molar-refractivity contribution >= 4 is 11.8 Å². The van der Waals surface area contributed by atoms with E-state index >= 15 is 0 Å². The second-order valence-electron chi connectivity index (χ2n) is 6.67. The summed E-state index contributed by atoms with van der Waals surface area (Å²) in [6.45, 7) is 0. The minimum atomic E-state index is -0.382. The minimum absolute atomic E-state index is 0.0445. The van der Waals surface area contributed by atoms with Crippen molar-refractivity contribution in [3.63, 3.8) is 0 Å². The molecule has 0 saturated heterocycles. The van der Waals surface area contributed by atoms with E-state index in [2.05, 4.69) is 26.7 Å². The van der Waals surface area contributed by atoms with Gasteiger partial charge in [-0.25, -0.2) is 4.98 Å². The molecule has 1 aromatic rings.